The van der Waals surface area contributed by atoms with Crippen molar-refractivity contribution in [2.45, 2.75) is 24.3 Å². The van der Waals surface area contributed by atoms with E-state index >= 15 is 0 Å². The van der Waals surface area contributed by atoms with Gasteiger partial charge in [0.05, 0.1) is 10.9 Å². The van der Waals surface area contributed by atoms with E-state index < -0.39 is 10.0 Å². The standard InChI is InChI=1S/C17H19FN2O3S/c1-13(14-7-9-15(18)10-8-14)20-17(21)11-12-19-24(22,23)16-5-3-2-4-6-16/h2-10,13,19H,11-12H2,1H3,(H,20,21). The topological polar surface area (TPSA) is 75.3 Å². The van der Waals surface area contributed by atoms with E-state index in [4.69, 9.17) is 0 Å². The van der Waals surface area contributed by atoms with Gasteiger partial charge in [-0.25, -0.2) is 17.5 Å². The van der Waals surface area contributed by atoms with Gasteiger partial charge in [0, 0.05) is 13.0 Å². The van der Waals surface area contributed by atoms with Crippen LogP contribution in [-0.4, -0.2) is 20.9 Å². The minimum absolute atomic E-state index is 0.000795. The molecule has 0 fully saturated rings. The third-order valence-corrected chi connectivity index (χ3v) is 4.92. The summed E-state index contributed by atoms with van der Waals surface area (Å²) in [5.41, 5.74) is 0.773. The van der Waals surface area contributed by atoms with Gasteiger partial charge in [-0.2, -0.15) is 0 Å². The maximum absolute atomic E-state index is 12.9. The molecular formula is C17H19FN2O3S. The van der Waals surface area contributed by atoms with E-state index in [-0.39, 0.29) is 35.6 Å². The Morgan fingerprint density at radius 2 is 1.71 bits per heavy atom. The first-order chi connectivity index (χ1) is 11.4. The van der Waals surface area contributed by atoms with Crippen LogP contribution in [-0.2, 0) is 14.8 Å². The highest BCUT2D eigenvalue weighted by molar-refractivity contribution is 7.89. The molecule has 7 heteroatoms. The summed E-state index contributed by atoms with van der Waals surface area (Å²) in [4.78, 5) is 12.1. The Balaban J connectivity index is 1.82. The molecule has 2 aromatic carbocycles. The molecular weight excluding hydrogens is 331 g/mol. The summed E-state index contributed by atoms with van der Waals surface area (Å²) in [6.07, 6.45) is 0.0115. The first kappa shape index (κ1) is 18.1. The minimum Gasteiger partial charge on any atom is -0.350 e. The van der Waals surface area contributed by atoms with Gasteiger partial charge in [-0.05, 0) is 36.8 Å². The zero-order valence-electron chi connectivity index (χ0n) is 13.2. The molecule has 1 amide bonds. The third kappa shape index (κ3) is 5.14. The van der Waals surface area contributed by atoms with E-state index in [1.807, 2.05) is 0 Å². The smallest absolute Gasteiger partial charge is 0.240 e. The predicted octanol–water partition coefficient (Wildman–Crippen LogP) is 2.37. The number of carbonyl (C=O) groups is 1. The first-order valence-corrected chi connectivity index (χ1v) is 8.96. The van der Waals surface area contributed by atoms with E-state index in [1.165, 1.54) is 24.3 Å². The number of nitrogens with one attached hydrogen (secondary N) is 2. The Labute approximate surface area is 141 Å². The van der Waals surface area contributed by atoms with Crippen LogP contribution >= 0.6 is 0 Å². The Morgan fingerprint density at radius 3 is 2.33 bits per heavy atom. The molecule has 2 aromatic rings. The van der Waals surface area contributed by atoms with Crippen LogP contribution in [0.3, 0.4) is 0 Å². The lowest BCUT2D eigenvalue weighted by atomic mass is 10.1. The number of hydrogen-bond donors (Lipinski definition) is 2. The summed E-state index contributed by atoms with van der Waals surface area (Å²) < 4.78 is 39.3. The van der Waals surface area contributed by atoms with Crippen molar-refractivity contribution in [3.63, 3.8) is 0 Å². The molecule has 0 aliphatic heterocycles. The fourth-order valence-corrected chi connectivity index (χ4v) is 3.18. The summed E-state index contributed by atoms with van der Waals surface area (Å²) in [6, 6.07) is 13.5. The van der Waals surface area contributed by atoms with Crippen LogP contribution in [0, 0.1) is 5.82 Å². The molecule has 24 heavy (non-hydrogen) atoms. The zero-order chi connectivity index (χ0) is 17.6. The van der Waals surface area contributed by atoms with Gasteiger partial charge in [-0.1, -0.05) is 30.3 Å². The molecule has 0 aliphatic carbocycles. The fourth-order valence-electron chi connectivity index (χ4n) is 2.13. The second-order valence-corrected chi connectivity index (χ2v) is 7.07. The van der Waals surface area contributed by atoms with E-state index in [0.717, 1.165) is 5.56 Å². The van der Waals surface area contributed by atoms with Gasteiger partial charge < -0.3 is 5.32 Å². The number of hydrogen-bond acceptors (Lipinski definition) is 3. The average Bonchev–Trinajstić information content (AvgIpc) is 2.56. The van der Waals surface area contributed by atoms with Crippen LogP contribution in [0.15, 0.2) is 59.5 Å². The number of sulfonamides is 1. The molecule has 2 rings (SSSR count). The first-order valence-electron chi connectivity index (χ1n) is 7.48. The molecule has 0 aromatic heterocycles. The highest BCUT2D eigenvalue weighted by Crippen LogP contribution is 2.13. The van der Waals surface area contributed by atoms with E-state index in [0.29, 0.717) is 0 Å². The summed E-state index contributed by atoms with van der Waals surface area (Å²) in [5, 5.41) is 2.75. The van der Waals surface area contributed by atoms with Crippen LogP contribution < -0.4 is 10.0 Å². The summed E-state index contributed by atoms with van der Waals surface area (Å²) in [7, 11) is -3.61. The predicted molar refractivity (Wildman–Crippen MR) is 89.2 cm³/mol. The van der Waals surface area contributed by atoms with Crippen molar-refractivity contribution in [3.8, 4) is 0 Å². The number of amides is 1. The zero-order valence-corrected chi connectivity index (χ0v) is 14.0. The quantitative estimate of drug-likeness (QED) is 0.805. The van der Waals surface area contributed by atoms with Crippen LogP contribution in [0.5, 0.6) is 0 Å². The maximum Gasteiger partial charge on any atom is 0.240 e. The van der Waals surface area contributed by atoms with Crippen molar-refractivity contribution in [1.82, 2.24) is 10.0 Å². The Morgan fingerprint density at radius 1 is 1.08 bits per heavy atom. The molecule has 128 valence electrons. The second-order valence-electron chi connectivity index (χ2n) is 5.30. The van der Waals surface area contributed by atoms with Crippen molar-refractivity contribution >= 4 is 15.9 Å². The van der Waals surface area contributed by atoms with Crippen LogP contribution in [0.4, 0.5) is 4.39 Å². The van der Waals surface area contributed by atoms with Crippen molar-refractivity contribution in [2.24, 2.45) is 0 Å². The SMILES string of the molecule is CC(NC(=O)CCNS(=O)(=O)c1ccccc1)c1ccc(F)cc1. The number of rotatable bonds is 7. The molecule has 5 nitrogen and oxygen atoms in total. The molecule has 1 unspecified atom stereocenters. The molecule has 2 N–H and O–H groups in total. The molecule has 0 aliphatic rings. The third-order valence-electron chi connectivity index (χ3n) is 3.45. The van der Waals surface area contributed by atoms with Crippen LogP contribution in [0.25, 0.3) is 0 Å². The number of benzene rings is 2. The molecule has 1 atom stereocenters. The maximum atomic E-state index is 12.9. The molecule has 0 saturated carbocycles. The lowest BCUT2D eigenvalue weighted by molar-refractivity contribution is -0.121. The normalized spacial score (nSPS) is 12.6. The van der Waals surface area contributed by atoms with Crippen molar-refractivity contribution < 1.29 is 17.6 Å². The largest absolute Gasteiger partial charge is 0.350 e. The summed E-state index contributed by atoms with van der Waals surface area (Å²) in [6.45, 7) is 1.78. The number of carbonyl (C=O) groups excluding carboxylic acids is 1. The van der Waals surface area contributed by atoms with Gasteiger partial charge in [0.1, 0.15) is 5.82 Å². The van der Waals surface area contributed by atoms with Gasteiger partial charge in [0.2, 0.25) is 15.9 Å². The minimum atomic E-state index is -3.61. The molecule has 0 saturated heterocycles. The van der Waals surface area contributed by atoms with Gasteiger partial charge >= 0.3 is 0 Å². The van der Waals surface area contributed by atoms with Crippen molar-refractivity contribution in [3.05, 3.63) is 66.0 Å². The van der Waals surface area contributed by atoms with Gasteiger partial charge in [-0.15, -0.1) is 0 Å². The highest BCUT2D eigenvalue weighted by atomic mass is 32.2. The monoisotopic (exact) mass is 350 g/mol. The van der Waals surface area contributed by atoms with Crippen LogP contribution in [0.2, 0.25) is 0 Å². The Hall–Kier alpha value is -2.25. The Kier molecular flexibility index (Phi) is 6.05. The molecule has 0 heterocycles. The molecule has 0 bridgehead atoms. The van der Waals surface area contributed by atoms with Gasteiger partial charge in [-0.3, -0.25) is 4.79 Å². The van der Waals surface area contributed by atoms with Gasteiger partial charge in [0.15, 0.2) is 0 Å². The summed E-state index contributed by atoms with van der Waals surface area (Å²) >= 11 is 0. The lowest BCUT2D eigenvalue weighted by Crippen LogP contribution is -2.32. The van der Waals surface area contributed by atoms with E-state index in [1.54, 1.807) is 37.3 Å². The van der Waals surface area contributed by atoms with Crippen LogP contribution in [0.1, 0.15) is 24.9 Å². The van der Waals surface area contributed by atoms with Gasteiger partial charge in [0.25, 0.3) is 0 Å². The highest BCUT2D eigenvalue weighted by Gasteiger charge is 2.14. The van der Waals surface area contributed by atoms with E-state index in [2.05, 4.69) is 10.0 Å². The molecule has 0 radical (unpaired) electrons. The van der Waals surface area contributed by atoms with Crippen molar-refractivity contribution in [2.75, 3.05) is 6.54 Å². The molecule has 0 spiro atoms. The Bertz CT molecular complexity index is 777. The summed E-state index contributed by atoms with van der Waals surface area (Å²) in [5.74, 6) is -0.629. The van der Waals surface area contributed by atoms with E-state index in [9.17, 15) is 17.6 Å². The second kappa shape index (κ2) is 8.03. The fraction of sp³-hybridized carbons (Fsp3) is 0.235. The number of halogens is 1. The lowest BCUT2D eigenvalue weighted by Gasteiger charge is -2.14. The average molecular weight is 350 g/mol. The van der Waals surface area contributed by atoms with Crippen molar-refractivity contribution in [1.29, 1.82) is 0 Å².